The van der Waals surface area contributed by atoms with Gasteiger partial charge in [-0.25, -0.2) is 13.1 Å². The van der Waals surface area contributed by atoms with Gasteiger partial charge >= 0.3 is 5.97 Å². The van der Waals surface area contributed by atoms with E-state index in [1.165, 1.54) is 12.1 Å². The molecule has 0 bridgehead atoms. The fraction of sp³-hybridized carbons (Fsp3) is 0.259. The van der Waals surface area contributed by atoms with E-state index >= 15 is 0 Å². The second-order valence-corrected chi connectivity index (χ2v) is 10.2. The van der Waals surface area contributed by atoms with Crippen LogP contribution in [0.2, 0.25) is 0 Å². The van der Waals surface area contributed by atoms with Crippen LogP contribution in [0.1, 0.15) is 25.3 Å². The van der Waals surface area contributed by atoms with Crippen molar-refractivity contribution in [1.82, 2.24) is 10.0 Å². The number of aliphatic carboxylic acids is 1. The fourth-order valence-corrected chi connectivity index (χ4v) is 4.80. The van der Waals surface area contributed by atoms with Gasteiger partial charge in [-0.1, -0.05) is 79.7 Å². The van der Waals surface area contributed by atoms with E-state index in [0.717, 1.165) is 16.7 Å². The highest BCUT2D eigenvalue weighted by Gasteiger charge is 2.21. The molecule has 0 aliphatic heterocycles. The summed E-state index contributed by atoms with van der Waals surface area (Å²) < 4.78 is 27.1. The van der Waals surface area contributed by atoms with E-state index in [2.05, 4.69) is 10.0 Å². The highest BCUT2D eigenvalue weighted by Crippen LogP contribution is 2.20. The first-order valence-corrected chi connectivity index (χ1v) is 12.9. The fourth-order valence-electron chi connectivity index (χ4n) is 3.75. The van der Waals surface area contributed by atoms with Crippen LogP contribution in [0.5, 0.6) is 0 Å². The smallest absolute Gasteiger partial charge is 0.306 e. The molecule has 0 saturated carbocycles. The van der Waals surface area contributed by atoms with Crippen LogP contribution >= 0.6 is 0 Å². The lowest BCUT2D eigenvalue weighted by Gasteiger charge is -2.21. The molecule has 0 heterocycles. The van der Waals surface area contributed by atoms with Crippen molar-refractivity contribution in [2.75, 3.05) is 6.54 Å². The van der Waals surface area contributed by atoms with Crippen LogP contribution in [-0.4, -0.2) is 38.0 Å². The second-order valence-electron chi connectivity index (χ2n) is 8.47. The van der Waals surface area contributed by atoms with Crippen LogP contribution in [0, 0.1) is 5.92 Å². The summed E-state index contributed by atoms with van der Waals surface area (Å²) in [4.78, 5) is 24.1. The molecule has 0 aliphatic carbocycles. The highest BCUT2D eigenvalue weighted by atomic mass is 32.2. The van der Waals surface area contributed by atoms with E-state index in [1.54, 1.807) is 25.1 Å². The second kappa shape index (κ2) is 12.3. The van der Waals surface area contributed by atoms with E-state index in [0.29, 0.717) is 6.42 Å². The standard InChI is InChI=1S/C27H30N2O5S/c1-20(27(31)32)18-24(19-21-12-14-23(15-13-21)22-8-4-2-5-9-22)29-26(30)16-17-28-35(33,34)25-10-6-3-7-11-25/h2-15,20,24,28H,16-19H2,1H3,(H,29,30)(H,31,32)/t20-,24?/m1/s1. The Labute approximate surface area is 206 Å². The molecule has 184 valence electrons. The van der Waals surface area contributed by atoms with E-state index in [9.17, 15) is 23.1 Å². The van der Waals surface area contributed by atoms with Crippen molar-refractivity contribution >= 4 is 21.9 Å². The molecule has 0 saturated heterocycles. The Hall–Kier alpha value is -3.49. The molecule has 0 spiro atoms. The van der Waals surface area contributed by atoms with Crippen LogP contribution in [-0.2, 0) is 26.0 Å². The number of rotatable bonds is 12. The summed E-state index contributed by atoms with van der Waals surface area (Å²) in [5.41, 5.74) is 3.14. The molecular formula is C27H30N2O5S. The van der Waals surface area contributed by atoms with E-state index in [4.69, 9.17) is 0 Å². The van der Waals surface area contributed by atoms with E-state index in [1.807, 2.05) is 54.6 Å². The lowest BCUT2D eigenvalue weighted by Crippen LogP contribution is -2.40. The molecule has 3 aromatic rings. The molecule has 3 aromatic carbocycles. The Balaban J connectivity index is 1.60. The zero-order valence-corrected chi connectivity index (χ0v) is 20.4. The SMILES string of the molecule is C[C@H](CC(Cc1ccc(-c2ccccc2)cc1)NC(=O)CCNS(=O)(=O)c1ccccc1)C(=O)O. The van der Waals surface area contributed by atoms with Gasteiger partial charge in [0.2, 0.25) is 15.9 Å². The van der Waals surface area contributed by atoms with Crippen molar-refractivity contribution in [3.05, 3.63) is 90.5 Å². The molecule has 3 N–H and O–H groups in total. The van der Waals surface area contributed by atoms with Crippen LogP contribution < -0.4 is 10.0 Å². The maximum atomic E-state index is 12.6. The number of carbonyl (C=O) groups is 2. The minimum Gasteiger partial charge on any atom is -0.481 e. The van der Waals surface area contributed by atoms with Crippen molar-refractivity contribution in [2.24, 2.45) is 5.92 Å². The van der Waals surface area contributed by atoms with Gasteiger partial charge in [-0.15, -0.1) is 0 Å². The number of hydrogen-bond acceptors (Lipinski definition) is 4. The molecule has 7 nitrogen and oxygen atoms in total. The van der Waals surface area contributed by atoms with Gasteiger partial charge in [0.05, 0.1) is 10.8 Å². The number of hydrogen-bond donors (Lipinski definition) is 3. The molecule has 0 fully saturated rings. The average molecular weight is 495 g/mol. The predicted octanol–water partition coefficient (Wildman–Crippen LogP) is 3.86. The van der Waals surface area contributed by atoms with Gasteiger partial charge in [0, 0.05) is 19.0 Å². The summed E-state index contributed by atoms with van der Waals surface area (Å²) in [6, 6.07) is 25.4. The Morgan fingerprint density at radius 2 is 1.43 bits per heavy atom. The molecule has 1 amide bonds. The zero-order chi connectivity index (χ0) is 25.3. The Morgan fingerprint density at radius 1 is 0.857 bits per heavy atom. The zero-order valence-electron chi connectivity index (χ0n) is 19.6. The summed E-state index contributed by atoms with van der Waals surface area (Å²) in [6.45, 7) is 1.55. The molecule has 2 atom stereocenters. The summed E-state index contributed by atoms with van der Waals surface area (Å²) in [5, 5.41) is 12.2. The Bertz CT molecular complexity index is 1210. The number of sulfonamides is 1. The van der Waals surface area contributed by atoms with E-state index in [-0.39, 0.29) is 30.2 Å². The Kier molecular flexibility index (Phi) is 9.17. The normalized spacial score (nSPS) is 13.1. The van der Waals surface area contributed by atoms with Crippen LogP contribution in [0.3, 0.4) is 0 Å². The van der Waals surface area contributed by atoms with Gasteiger partial charge in [-0.05, 0) is 41.7 Å². The molecule has 35 heavy (non-hydrogen) atoms. The third kappa shape index (κ3) is 8.05. The first kappa shape index (κ1) is 26.1. The molecule has 8 heteroatoms. The van der Waals surface area contributed by atoms with Crippen molar-refractivity contribution in [2.45, 2.75) is 37.1 Å². The lowest BCUT2D eigenvalue weighted by molar-refractivity contribution is -0.141. The topological polar surface area (TPSA) is 113 Å². The quantitative estimate of drug-likeness (QED) is 0.354. The van der Waals surface area contributed by atoms with Crippen LogP contribution in [0.25, 0.3) is 11.1 Å². The predicted molar refractivity (Wildman–Crippen MR) is 135 cm³/mol. The number of nitrogens with one attached hydrogen (secondary N) is 2. The number of carboxylic acid groups (broad SMARTS) is 1. The summed E-state index contributed by atoms with van der Waals surface area (Å²) in [6.07, 6.45) is 0.669. The third-order valence-electron chi connectivity index (χ3n) is 5.67. The summed E-state index contributed by atoms with van der Waals surface area (Å²) >= 11 is 0. The van der Waals surface area contributed by atoms with Crippen molar-refractivity contribution in [3.63, 3.8) is 0 Å². The van der Waals surface area contributed by atoms with Crippen LogP contribution in [0.15, 0.2) is 89.8 Å². The molecule has 3 rings (SSSR count). The van der Waals surface area contributed by atoms with Crippen molar-refractivity contribution in [1.29, 1.82) is 0 Å². The van der Waals surface area contributed by atoms with E-state index < -0.39 is 28.0 Å². The third-order valence-corrected chi connectivity index (χ3v) is 7.14. The maximum Gasteiger partial charge on any atom is 0.306 e. The monoisotopic (exact) mass is 494 g/mol. The molecule has 0 aromatic heterocycles. The van der Waals surface area contributed by atoms with Gasteiger partial charge < -0.3 is 10.4 Å². The molecule has 0 radical (unpaired) electrons. The maximum absolute atomic E-state index is 12.6. The van der Waals surface area contributed by atoms with Crippen molar-refractivity contribution in [3.8, 4) is 11.1 Å². The van der Waals surface area contributed by atoms with Gasteiger partial charge in [-0.3, -0.25) is 9.59 Å². The van der Waals surface area contributed by atoms with Crippen LogP contribution in [0.4, 0.5) is 0 Å². The Morgan fingerprint density at radius 3 is 2.03 bits per heavy atom. The van der Waals surface area contributed by atoms with Gasteiger partial charge in [0.1, 0.15) is 0 Å². The lowest BCUT2D eigenvalue weighted by atomic mass is 9.95. The first-order valence-electron chi connectivity index (χ1n) is 11.5. The average Bonchev–Trinajstić information content (AvgIpc) is 2.85. The number of carbonyl (C=O) groups excluding carboxylic acids is 1. The molecule has 0 aliphatic rings. The number of benzene rings is 3. The van der Waals surface area contributed by atoms with Gasteiger partial charge in [-0.2, -0.15) is 0 Å². The van der Waals surface area contributed by atoms with Gasteiger partial charge in [0.25, 0.3) is 0 Å². The minimum atomic E-state index is -3.70. The first-order chi connectivity index (χ1) is 16.7. The van der Waals surface area contributed by atoms with Gasteiger partial charge in [0.15, 0.2) is 0 Å². The van der Waals surface area contributed by atoms with Crippen molar-refractivity contribution < 1.29 is 23.1 Å². The highest BCUT2D eigenvalue weighted by molar-refractivity contribution is 7.89. The minimum absolute atomic E-state index is 0.0586. The molecule has 1 unspecified atom stereocenters. The number of amides is 1. The largest absolute Gasteiger partial charge is 0.481 e. The number of carboxylic acids is 1. The summed E-state index contributed by atoms with van der Waals surface area (Å²) in [5.74, 6) is -1.91. The summed E-state index contributed by atoms with van der Waals surface area (Å²) in [7, 11) is -3.70. The molecular weight excluding hydrogens is 464 g/mol.